The Morgan fingerprint density at radius 1 is 1.16 bits per heavy atom. The molecule has 25 heavy (non-hydrogen) atoms. The fourth-order valence-electron chi connectivity index (χ4n) is 7.04. The smallest absolute Gasteiger partial charge is 0.226 e. The van der Waals surface area contributed by atoms with Crippen molar-refractivity contribution < 1.29 is 9.53 Å². The molecule has 1 amide bonds. The molecule has 136 valence electrons. The summed E-state index contributed by atoms with van der Waals surface area (Å²) in [4.78, 5) is 13.2. The van der Waals surface area contributed by atoms with Crippen LogP contribution in [0.5, 0.6) is 5.75 Å². The van der Waals surface area contributed by atoms with Gasteiger partial charge < -0.3 is 10.1 Å². The first-order chi connectivity index (χ1) is 11.8. The fraction of sp³-hybridized carbons (Fsp3) is 0.682. The minimum atomic E-state index is -0.0999. The lowest BCUT2D eigenvalue weighted by Gasteiger charge is -2.64. The predicted octanol–water partition coefficient (Wildman–Crippen LogP) is 4.35. The van der Waals surface area contributed by atoms with Crippen molar-refractivity contribution in [3.05, 3.63) is 29.8 Å². The molecule has 4 fully saturated rings. The van der Waals surface area contributed by atoms with Crippen molar-refractivity contribution in [3.8, 4) is 5.75 Å². The van der Waals surface area contributed by atoms with Crippen LogP contribution < -0.4 is 10.1 Å². The average molecular weight is 341 g/mol. The monoisotopic (exact) mass is 341 g/mol. The van der Waals surface area contributed by atoms with E-state index in [0.717, 1.165) is 37.4 Å². The van der Waals surface area contributed by atoms with E-state index in [1.165, 1.54) is 24.8 Å². The second-order valence-electron chi connectivity index (χ2n) is 9.77. The summed E-state index contributed by atoms with van der Waals surface area (Å²) in [6.07, 6.45) is 8.15. The molecule has 4 aliphatic carbocycles. The van der Waals surface area contributed by atoms with Gasteiger partial charge in [-0.2, -0.15) is 0 Å². The molecule has 0 heterocycles. The maximum atomic E-state index is 13.2. The van der Waals surface area contributed by atoms with Gasteiger partial charge in [0, 0.05) is 6.54 Å². The second-order valence-corrected chi connectivity index (χ2v) is 9.77. The molecule has 4 aliphatic rings. The van der Waals surface area contributed by atoms with E-state index in [1.807, 2.05) is 12.1 Å². The van der Waals surface area contributed by atoms with Crippen LogP contribution in [-0.4, -0.2) is 19.6 Å². The van der Waals surface area contributed by atoms with E-state index in [0.29, 0.717) is 23.3 Å². The minimum Gasteiger partial charge on any atom is -0.497 e. The van der Waals surface area contributed by atoms with E-state index >= 15 is 0 Å². The molecule has 4 saturated carbocycles. The molecule has 4 bridgehead atoms. The third-order valence-corrected chi connectivity index (χ3v) is 6.94. The van der Waals surface area contributed by atoms with Gasteiger partial charge in [0.05, 0.1) is 12.5 Å². The molecule has 0 saturated heterocycles. The molecule has 3 nitrogen and oxygen atoms in total. The van der Waals surface area contributed by atoms with Gasteiger partial charge in [-0.25, -0.2) is 0 Å². The quantitative estimate of drug-likeness (QED) is 0.864. The van der Waals surface area contributed by atoms with Crippen LogP contribution in [0.4, 0.5) is 0 Å². The SMILES string of the molecule is COc1cccc(CCNC(=O)C23CC4CC(C)(CC(C)(C4)C2)C3)c1. The number of carbonyl (C=O) groups excluding carboxylic acids is 1. The molecule has 1 N–H and O–H groups in total. The van der Waals surface area contributed by atoms with E-state index in [4.69, 9.17) is 4.74 Å². The fourth-order valence-corrected chi connectivity index (χ4v) is 7.04. The van der Waals surface area contributed by atoms with E-state index in [2.05, 4.69) is 31.3 Å². The van der Waals surface area contributed by atoms with Crippen LogP contribution in [0.1, 0.15) is 57.9 Å². The summed E-state index contributed by atoms with van der Waals surface area (Å²) in [5, 5.41) is 3.28. The number of amides is 1. The lowest BCUT2D eigenvalue weighted by atomic mass is 9.40. The Morgan fingerprint density at radius 3 is 2.52 bits per heavy atom. The van der Waals surface area contributed by atoms with Crippen molar-refractivity contribution in [1.29, 1.82) is 0 Å². The van der Waals surface area contributed by atoms with Crippen LogP contribution in [0.3, 0.4) is 0 Å². The summed E-state index contributed by atoms with van der Waals surface area (Å²) >= 11 is 0. The molecular weight excluding hydrogens is 310 g/mol. The van der Waals surface area contributed by atoms with E-state index in [9.17, 15) is 4.79 Å². The largest absolute Gasteiger partial charge is 0.497 e. The van der Waals surface area contributed by atoms with Crippen LogP contribution >= 0.6 is 0 Å². The van der Waals surface area contributed by atoms with E-state index in [1.54, 1.807) is 7.11 Å². The Balaban J connectivity index is 1.41. The number of hydrogen-bond donors (Lipinski definition) is 1. The molecule has 0 spiro atoms. The van der Waals surface area contributed by atoms with Crippen molar-refractivity contribution in [2.45, 2.75) is 58.8 Å². The van der Waals surface area contributed by atoms with Gasteiger partial charge in [-0.15, -0.1) is 0 Å². The van der Waals surface area contributed by atoms with Gasteiger partial charge in [0.2, 0.25) is 5.91 Å². The summed E-state index contributed by atoms with van der Waals surface area (Å²) in [6, 6.07) is 8.12. The number of carbonyl (C=O) groups is 1. The molecule has 1 aromatic rings. The van der Waals surface area contributed by atoms with Crippen molar-refractivity contribution in [2.75, 3.05) is 13.7 Å². The molecule has 0 radical (unpaired) electrons. The van der Waals surface area contributed by atoms with Crippen LogP contribution in [-0.2, 0) is 11.2 Å². The summed E-state index contributed by atoms with van der Waals surface area (Å²) in [5.74, 6) is 1.96. The zero-order valence-electron chi connectivity index (χ0n) is 15.9. The van der Waals surface area contributed by atoms with Crippen LogP contribution in [0.2, 0.25) is 0 Å². The molecule has 3 heteroatoms. The van der Waals surface area contributed by atoms with Crippen molar-refractivity contribution >= 4 is 5.91 Å². The Labute approximate surface area is 151 Å². The second kappa shape index (κ2) is 5.75. The topological polar surface area (TPSA) is 38.3 Å². The van der Waals surface area contributed by atoms with Crippen LogP contribution in [0.25, 0.3) is 0 Å². The molecule has 0 aromatic heterocycles. The Kier molecular flexibility index (Phi) is 3.90. The van der Waals surface area contributed by atoms with Crippen molar-refractivity contribution in [2.24, 2.45) is 22.2 Å². The standard InChI is InChI=1S/C22H31NO2/c1-20-10-17-11-21(2,13-20)15-22(12-17,14-20)19(24)23-8-7-16-5-4-6-18(9-16)25-3/h4-6,9,17H,7-8,10-15H2,1-3H3,(H,23,24). The van der Waals surface area contributed by atoms with E-state index < -0.39 is 0 Å². The van der Waals surface area contributed by atoms with Gasteiger partial charge in [0.25, 0.3) is 0 Å². The normalized spacial score (nSPS) is 38.6. The number of hydrogen-bond acceptors (Lipinski definition) is 2. The van der Waals surface area contributed by atoms with Gasteiger partial charge in [0.1, 0.15) is 5.75 Å². The number of nitrogens with one attached hydrogen (secondary N) is 1. The van der Waals surface area contributed by atoms with Gasteiger partial charge in [-0.05, 0) is 79.4 Å². The summed E-state index contributed by atoms with van der Waals surface area (Å²) in [5.41, 5.74) is 1.89. The Bertz CT molecular complexity index is 664. The highest BCUT2D eigenvalue weighted by Crippen LogP contribution is 2.69. The third kappa shape index (κ3) is 3.07. The summed E-state index contributed by atoms with van der Waals surface area (Å²) < 4.78 is 5.28. The van der Waals surface area contributed by atoms with Crippen molar-refractivity contribution in [1.82, 2.24) is 5.32 Å². The summed E-state index contributed by atoms with van der Waals surface area (Å²) in [7, 11) is 1.69. The maximum absolute atomic E-state index is 13.2. The Hall–Kier alpha value is -1.51. The highest BCUT2D eigenvalue weighted by molar-refractivity contribution is 5.83. The number of benzene rings is 1. The van der Waals surface area contributed by atoms with Gasteiger partial charge >= 0.3 is 0 Å². The number of ether oxygens (including phenoxy) is 1. The minimum absolute atomic E-state index is 0.0999. The molecule has 2 unspecified atom stereocenters. The lowest BCUT2D eigenvalue weighted by molar-refractivity contribution is -0.170. The average Bonchev–Trinajstić information content (AvgIpc) is 2.51. The zero-order valence-corrected chi connectivity index (χ0v) is 15.9. The first-order valence-electron chi connectivity index (χ1n) is 9.75. The highest BCUT2D eigenvalue weighted by atomic mass is 16.5. The van der Waals surface area contributed by atoms with Crippen LogP contribution in [0.15, 0.2) is 24.3 Å². The number of methoxy groups -OCH3 is 1. The Morgan fingerprint density at radius 2 is 1.88 bits per heavy atom. The molecule has 1 aromatic carbocycles. The lowest BCUT2D eigenvalue weighted by Crippen LogP contribution is -2.60. The first kappa shape index (κ1) is 16.9. The predicted molar refractivity (Wildman–Crippen MR) is 99.5 cm³/mol. The van der Waals surface area contributed by atoms with Gasteiger partial charge in [-0.1, -0.05) is 26.0 Å². The molecule has 0 aliphatic heterocycles. The first-order valence-corrected chi connectivity index (χ1v) is 9.75. The zero-order chi connectivity index (χ0) is 17.7. The maximum Gasteiger partial charge on any atom is 0.226 e. The molecular formula is C22H31NO2. The van der Waals surface area contributed by atoms with E-state index in [-0.39, 0.29) is 5.41 Å². The molecule has 2 atom stereocenters. The third-order valence-electron chi connectivity index (χ3n) is 6.94. The van der Waals surface area contributed by atoms with Crippen LogP contribution in [0, 0.1) is 22.2 Å². The number of rotatable bonds is 5. The van der Waals surface area contributed by atoms with Crippen molar-refractivity contribution in [3.63, 3.8) is 0 Å². The highest BCUT2D eigenvalue weighted by Gasteiger charge is 2.62. The van der Waals surface area contributed by atoms with Gasteiger partial charge in [-0.3, -0.25) is 4.79 Å². The molecule has 5 rings (SSSR count). The van der Waals surface area contributed by atoms with Gasteiger partial charge in [0.15, 0.2) is 0 Å². The summed E-state index contributed by atoms with van der Waals surface area (Å²) in [6.45, 7) is 5.56.